The molecule has 8 nitrogen and oxygen atoms in total. The maximum atomic E-state index is 12.3. The molecule has 8 heteroatoms. The Hall–Kier alpha value is -2.70. The smallest absolute Gasteiger partial charge is 0.346 e. The van der Waals surface area contributed by atoms with Crippen LogP contribution >= 0.6 is 0 Å². The third-order valence-corrected chi connectivity index (χ3v) is 4.24. The fourth-order valence-corrected chi connectivity index (χ4v) is 2.54. The number of nitrogens with zero attached hydrogens (tertiary/aromatic N) is 3. The summed E-state index contributed by atoms with van der Waals surface area (Å²) in [7, 11) is 0. The number of benzene rings is 1. The van der Waals surface area contributed by atoms with Crippen LogP contribution in [0.1, 0.15) is 53.0 Å². The van der Waals surface area contributed by atoms with Crippen LogP contribution in [-0.4, -0.2) is 23.8 Å². The second kappa shape index (κ2) is 7.25. The molecule has 2 rings (SSSR count). The molecule has 0 radical (unpaired) electrons. The Labute approximate surface area is 138 Å². The van der Waals surface area contributed by atoms with E-state index in [1.807, 2.05) is 6.92 Å². The van der Waals surface area contributed by atoms with Crippen molar-refractivity contribution >= 4 is 23.4 Å². The molecule has 24 heavy (non-hydrogen) atoms. The van der Waals surface area contributed by atoms with Gasteiger partial charge >= 0.3 is 11.9 Å². The summed E-state index contributed by atoms with van der Waals surface area (Å²) in [5.74, 6) is -1.98. The lowest BCUT2D eigenvalue weighted by atomic mass is 10.00. The monoisotopic (exact) mass is 330 g/mol. The number of rotatable bonds is 5. The summed E-state index contributed by atoms with van der Waals surface area (Å²) in [6, 6.07) is 1.85. The van der Waals surface area contributed by atoms with Gasteiger partial charge in [-0.3, -0.25) is 4.79 Å². The number of carbonyl (C=O) groups excluding carboxylic acids is 3. The summed E-state index contributed by atoms with van der Waals surface area (Å²) in [6.07, 6.45) is 1.30. The van der Waals surface area contributed by atoms with Gasteiger partial charge in [0.15, 0.2) is 5.78 Å². The van der Waals surface area contributed by atoms with E-state index in [2.05, 4.69) is 10.0 Å². The van der Waals surface area contributed by atoms with Crippen LogP contribution in [0.3, 0.4) is 0 Å². The second-order valence-corrected chi connectivity index (χ2v) is 5.75. The molecule has 0 bridgehead atoms. The molecule has 2 N–H and O–H groups in total. The lowest BCUT2D eigenvalue weighted by Crippen LogP contribution is -2.39. The first-order valence-electron chi connectivity index (χ1n) is 7.65. The van der Waals surface area contributed by atoms with Gasteiger partial charge in [-0.25, -0.2) is 9.59 Å². The molecule has 1 aromatic rings. The standard InChI is InChI=1S/C16H18N4O4/c1-3-8(2)14(17)16(23)24-15(22)12-7-9(19-20-18)6-11-10(12)4-5-13(11)21/h6-8,14H,3-5,17H2,1-2H3/t8-,14-/m0/s1. The highest BCUT2D eigenvalue weighted by Crippen LogP contribution is 2.31. The van der Waals surface area contributed by atoms with Gasteiger partial charge in [-0.05, 0) is 35.6 Å². The highest BCUT2D eigenvalue weighted by Gasteiger charge is 2.29. The number of hydrogen-bond donors (Lipinski definition) is 1. The molecular formula is C16H18N4O4. The van der Waals surface area contributed by atoms with E-state index in [1.165, 1.54) is 12.1 Å². The molecule has 0 unspecified atom stereocenters. The van der Waals surface area contributed by atoms with Gasteiger partial charge < -0.3 is 10.5 Å². The minimum absolute atomic E-state index is 0.0606. The third-order valence-electron chi connectivity index (χ3n) is 4.24. The zero-order valence-corrected chi connectivity index (χ0v) is 13.5. The normalized spacial score (nSPS) is 15.2. The molecule has 2 atom stereocenters. The Bertz CT molecular complexity index is 753. The molecule has 0 amide bonds. The first-order valence-corrected chi connectivity index (χ1v) is 7.65. The van der Waals surface area contributed by atoms with Crippen LogP contribution in [0.5, 0.6) is 0 Å². The van der Waals surface area contributed by atoms with E-state index in [0.717, 1.165) is 0 Å². The number of esters is 2. The van der Waals surface area contributed by atoms with E-state index in [9.17, 15) is 14.4 Å². The van der Waals surface area contributed by atoms with Crippen molar-refractivity contribution in [2.45, 2.75) is 39.2 Å². The van der Waals surface area contributed by atoms with Gasteiger partial charge in [0.05, 0.1) is 5.56 Å². The van der Waals surface area contributed by atoms with E-state index in [1.54, 1.807) is 6.92 Å². The number of ketones is 1. The van der Waals surface area contributed by atoms with Crippen LogP contribution in [0, 0.1) is 5.92 Å². The predicted molar refractivity (Wildman–Crippen MR) is 85.8 cm³/mol. The minimum atomic E-state index is -0.908. The topological polar surface area (TPSA) is 135 Å². The summed E-state index contributed by atoms with van der Waals surface area (Å²) in [5.41, 5.74) is 15.3. The van der Waals surface area contributed by atoms with Crippen molar-refractivity contribution in [1.29, 1.82) is 0 Å². The SMILES string of the molecule is CC[C@H](C)[C@H](N)C(=O)OC(=O)c1cc(N=[N+]=[N-])cc2c1CCC2=O. The Morgan fingerprint density at radius 1 is 1.42 bits per heavy atom. The van der Waals surface area contributed by atoms with Crippen molar-refractivity contribution in [3.63, 3.8) is 0 Å². The zero-order chi connectivity index (χ0) is 17.9. The van der Waals surface area contributed by atoms with Gasteiger partial charge in [0.25, 0.3) is 0 Å². The molecule has 0 spiro atoms. The molecular weight excluding hydrogens is 312 g/mol. The lowest BCUT2D eigenvalue weighted by molar-refractivity contribution is -0.140. The average molecular weight is 330 g/mol. The second-order valence-electron chi connectivity index (χ2n) is 5.75. The van der Waals surface area contributed by atoms with E-state index in [0.29, 0.717) is 24.0 Å². The number of nitrogens with two attached hydrogens (primary N) is 1. The van der Waals surface area contributed by atoms with E-state index in [4.69, 9.17) is 16.0 Å². The van der Waals surface area contributed by atoms with Crippen LogP contribution < -0.4 is 5.73 Å². The number of carbonyl (C=O) groups is 3. The summed E-state index contributed by atoms with van der Waals surface area (Å²) in [5, 5.41) is 3.43. The molecule has 1 aliphatic rings. The largest absolute Gasteiger partial charge is 0.388 e. The molecule has 1 aliphatic carbocycles. The Balaban J connectivity index is 2.33. The number of hydrogen-bond acceptors (Lipinski definition) is 6. The van der Waals surface area contributed by atoms with Crippen molar-refractivity contribution < 1.29 is 19.1 Å². The zero-order valence-electron chi connectivity index (χ0n) is 13.5. The number of fused-ring (bicyclic) bond motifs is 1. The Morgan fingerprint density at radius 2 is 2.12 bits per heavy atom. The molecule has 0 saturated heterocycles. The summed E-state index contributed by atoms with van der Waals surface area (Å²) in [6.45, 7) is 3.66. The summed E-state index contributed by atoms with van der Waals surface area (Å²) >= 11 is 0. The Morgan fingerprint density at radius 3 is 2.75 bits per heavy atom. The highest BCUT2D eigenvalue weighted by atomic mass is 16.6. The van der Waals surface area contributed by atoms with E-state index >= 15 is 0 Å². The van der Waals surface area contributed by atoms with Crippen molar-refractivity contribution in [2.75, 3.05) is 0 Å². The van der Waals surface area contributed by atoms with Crippen LogP contribution in [0.4, 0.5) is 5.69 Å². The third kappa shape index (κ3) is 3.45. The molecule has 1 aromatic carbocycles. The molecule has 0 fully saturated rings. The fraction of sp³-hybridized carbons (Fsp3) is 0.438. The first kappa shape index (κ1) is 17.7. The van der Waals surface area contributed by atoms with Gasteiger partial charge in [-0.1, -0.05) is 25.4 Å². The predicted octanol–water partition coefficient (Wildman–Crippen LogP) is 2.81. The van der Waals surface area contributed by atoms with Crippen LogP contribution in [0.15, 0.2) is 17.2 Å². The van der Waals surface area contributed by atoms with Gasteiger partial charge in [0.1, 0.15) is 6.04 Å². The van der Waals surface area contributed by atoms with Crippen molar-refractivity contribution in [1.82, 2.24) is 0 Å². The van der Waals surface area contributed by atoms with Crippen LogP contribution in [0.2, 0.25) is 0 Å². The van der Waals surface area contributed by atoms with Gasteiger partial charge in [-0.15, -0.1) is 0 Å². The molecule has 0 heterocycles. The summed E-state index contributed by atoms with van der Waals surface area (Å²) < 4.78 is 4.87. The number of azide groups is 1. The molecule has 126 valence electrons. The minimum Gasteiger partial charge on any atom is -0.388 e. The van der Waals surface area contributed by atoms with Crippen LogP contribution in [-0.2, 0) is 16.0 Å². The Kier molecular flexibility index (Phi) is 5.33. The van der Waals surface area contributed by atoms with Gasteiger partial charge in [0.2, 0.25) is 0 Å². The maximum Gasteiger partial charge on any atom is 0.346 e. The average Bonchev–Trinajstić information content (AvgIpc) is 2.94. The number of Topliss-reactive ketones (excluding diaryl/α,β-unsaturated/α-hetero) is 1. The fourth-order valence-electron chi connectivity index (χ4n) is 2.54. The van der Waals surface area contributed by atoms with Gasteiger partial charge in [0, 0.05) is 22.6 Å². The van der Waals surface area contributed by atoms with Crippen molar-refractivity contribution in [3.8, 4) is 0 Å². The molecule has 0 saturated carbocycles. The number of ether oxygens (including phenoxy) is 1. The highest BCUT2D eigenvalue weighted by molar-refractivity contribution is 6.07. The van der Waals surface area contributed by atoms with Crippen LogP contribution in [0.25, 0.3) is 10.4 Å². The van der Waals surface area contributed by atoms with Gasteiger partial charge in [-0.2, -0.15) is 0 Å². The summed E-state index contributed by atoms with van der Waals surface area (Å²) in [4.78, 5) is 38.9. The quantitative estimate of drug-likeness (QED) is 0.291. The molecule has 0 aromatic heterocycles. The van der Waals surface area contributed by atoms with Crippen molar-refractivity contribution in [2.24, 2.45) is 16.8 Å². The molecule has 0 aliphatic heterocycles. The lowest BCUT2D eigenvalue weighted by Gasteiger charge is -2.16. The van der Waals surface area contributed by atoms with E-state index < -0.39 is 18.0 Å². The maximum absolute atomic E-state index is 12.3. The van der Waals surface area contributed by atoms with Crippen molar-refractivity contribution in [3.05, 3.63) is 39.3 Å². The van der Waals surface area contributed by atoms with E-state index in [-0.39, 0.29) is 29.4 Å². The first-order chi connectivity index (χ1) is 11.4.